The van der Waals surface area contributed by atoms with Crippen molar-refractivity contribution in [1.29, 1.82) is 0 Å². The molecule has 1 aliphatic carbocycles. The van der Waals surface area contributed by atoms with E-state index in [1.54, 1.807) is 5.51 Å². The van der Waals surface area contributed by atoms with Gasteiger partial charge in [-0.2, -0.15) is 0 Å². The molecule has 0 radical (unpaired) electrons. The normalized spacial score (nSPS) is 23.8. The Morgan fingerprint density at radius 3 is 2.95 bits per heavy atom. The minimum absolute atomic E-state index is 0.0341. The monoisotopic (exact) mass is 280 g/mol. The lowest BCUT2D eigenvalue weighted by Crippen LogP contribution is -2.41. The van der Waals surface area contributed by atoms with Gasteiger partial charge in [-0.3, -0.25) is 15.0 Å². The summed E-state index contributed by atoms with van der Waals surface area (Å²) in [5.41, 5.74) is 2.14. The molecule has 104 valence electrons. The van der Waals surface area contributed by atoms with E-state index in [0.717, 1.165) is 13.1 Å². The van der Waals surface area contributed by atoms with Gasteiger partial charge in [0.15, 0.2) is 0 Å². The van der Waals surface area contributed by atoms with Crippen LogP contribution in [0.25, 0.3) is 0 Å². The number of carbonyl (C=O) groups is 1. The molecule has 1 aromatic heterocycles. The van der Waals surface area contributed by atoms with Gasteiger partial charge in [0.2, 0.25) is 11.0 Å². The third-order valence-electron chi connectivity index (χ3n) is 4.65. The van der Waals surface area contributed by atoms with Crippen molar-refractivity contribution in [2.45, 2.75) is 45.1 Å². The Balaban J connectivity index is 1.58. The number of nitrogens with one attached hydrogen (secondary N) is 1. The molecule has 1 aromatic rings. The Morgan fingerprint density at radius 1 is 1.47 bits per heavy atom. The summed E-state index contributed by atoms with van der Waals surface area (Å²) in [5, 5.41) is 11.0. The van der Waals surface area contributed by atoms with Crippen molar-refractivity contribution >= 4 is 22.4 Å². The van der Waals surface area contributed by atoms with Crippen LogP contribution in [0, 0.1) is 5.41 Å². The first-order valence-corrected chi connectivity index (χ1v) is 7.88. The van der Waals surface area contributed by atoms with Crippen LogP contribution in [-0.2, 0) is 4.79 Å². The van der Waals surface area contributed by atoms with Gasteiger partial charge in [0.05, 0.1) is 6.04 Å². The van der Waals surface area contributed by atoms with Crippen molar-refractivity contribution < 1.29 is 4.79 Å². The van der Waals surface area contributed by atoms with Gasteiger partial charge in [0.1, 0.15) is 5.51 Å². The number of rotatable bonds is 3. The Morgan fingerprint density at radius 2 is 2.26 bits per heavy atom. The molecule has 2 heterocycles. The van der Waals surface area contributed by atoms with E-state index in [9.17, 15) is 4.79 Å². The minimum Gasteiger partial charge on any atom is -0.299 e. The molecule has 2 fully saturated rings. The average Bonchev–Trinajstić information content (AvgIpc) is 3.13. The third-order valence-corrected chi connectivity index (χ3v) is 5.26. The molecule has 0 unspecified atom stereocenters. The highest BCUT2D eigenvalue weighted by molar-refractivity contribution is 7.13. The average molecular weight is 280 g/mol. The fraction of sp³-hybridized carbons (Fsp3) is 0.769. The van der Waals surface area contributed by atoms with E-state index in [-0.39, 0.29) is 11.9 Å². The summed E-state index contributed by atoms with van der Waals surface area (Å²) in [6.07, 6.45) is 6.66. The van der Waals surface area contributed by atoms with Crippen LogP contribution in [0.3, 0.4) is 0 Å². The van der Waals surface area contributed by atoms with Gasteiger partial charge in [-0.05, 0) is 38.1 Å². The van der Waals surface area contributed by atoms with E-state index < -0.39 is 0 Å². The van der Waals surface area contributed by atoms with Crippen LogP contribution in [0.4, 0.5) is 5.13 Å². The minimum atomic E-state index is -0.0797. The molecule has 2 aliphatic rings. The SMILES string of the molecule is C[C@H](C(=O)Nc1nncs1)N1CCC2(CCCC2)C1. The van der Waals surface area contributed by atoms with Crippen LogP contribution in [0.5, 0.6) is 0 Å². The maximum atomic E-state index is 12.2. The number of likely N-dealkylation sites (tertiary alicyclic amines) is 1. The highest BCUT2D eigenvalue weighted by Crippen LogP contribution is 2.45. The lowest BCUT2D eigenvalue weighted by atomic mass is 9.86. The van der Waals surface area contributed by atoms with Crippen molar-refractivity contribution in [1.82, 2.24) is 15.1 Å². The number of nitrogens with zero attached hydrogens (tertiary/aromatic N) is 3. The fourth-order valence-electron chi connectivity index (χ4n) is 3.44. The summed E-state index contributed by atoms with van der Waals surface area (Å²) >= 11 is 1.36. The van der Waals surface area contributed by atoms with E-state index >= 15 is 0 Å². The zero-order chi connectivity index (χ0) is 13.3. The number of carbonyl (C=O) groups excluding carboxylic acids is 1. The van der Waals surface area contributed by atoms with Gasteiger partial charge < -0.3 is 0 Å². The van der Waals surface area contributed by atoms with Crippen molar-refractivity contribution in [2.24, 2.45) is 5.41 Å². The van der Waals surface area contributed by atoms with Gasteiger partial charge in [-0.25, -0.2) is 0 Å². The summed E-state index contributed by atoms with van der Waals surface area (Å²) < 4.78 is 0. The molecular weight excluding hydrogens is 260 g/mol. The number of anilines is 1. The van der Waals surface area contributed by atoms with Gasteiger partial charge in [0, 0.05) is 6.54 Å². The lowest BCUT2D eigenvalue weighted by molar-refractivity contribution is -0.120. The van der Waals surface area contributed by atoms with Gasteiger partial charge in [0.25, 0.3) is 0 Å². The standard InChI is InChI=1S/C13H20N4OS/c1-10(11(18)15-12-16-14-9-19-12)17-7-6-13(8-17)4-2-3-5-13/h9-10H,2-8H2,1H3,(H,15,16,18)/t10-/m1/s1. The molecular formula is C13H20N4OS. The summed E-state index contributed by atoms with van der Waals surface area (Å²) in [7, 11) is 0. The molecule has 1 atom stereocenters. The zero-order valence-electron chi connectivity index (χ0n) is 11.3. The maximum Gasteiger partial charge on any atom is 0.243 e. The van der Waals surface area contributed by atoms with Crippen molar-refractivity contribution in [3.05, 3.63) is 5.51 Å². The molecule has 0 bridgehead atoms. The second kappa shape index (κ2) is 5.17. The number of hydrogen-bond donors (Lipinski definition) is 1. The summed E-state index contributed by atoms with van der Waals surface area (Å²) in [4.78, 5) is 14.5. The molecule has 1 spiro atoms. The van der Waals surface area contributed by atoms with Gasteiger partial charge >= 0.3 is 0 Å². The first-order valence-electron chi connectivity index (χ1n) is 7.00. The highest BCUT2D eigenvalue weighted by Gasteiger charge is 2.42. The van der Waals surface area contributed by atoms with Crippen molar-refractivity contribution in [3.63, 3.8) is 0 Å². The number of aromatic nitrogens is 2. The van der Waals surface area contributed by atoms with Crippen LogP contribution in [0.1, 0.15) is 39.0 Å². The van der Waals surface area contributed by atoms with E-state index in [1.807, 2.05) is 6.92 Å². The third kappa shape index (κ3) is 2.65. The second-order valence-electron chi connectivity index (χ2n) is 5.84. The Labute approximate surface area is 117 Å². The van der Waals surface area contributed by atoms with E-state index in [1.165, 1.54) is 43.4 Å². The van der Waals surface area contributed by atoms with Crippen molar-refractivity contribution in [3.8, 4) is 0 Å². The smallest absolute Gasteiger partial charge is 0.243 e. The summed E-state index contributed by atoms with van der Waals surface area (Å²) in [6, 6.07) is -0.0797. The molecule has 1 saturated carbocycles. The van der Waals surface area contributed by atoms with E-state index in [0.29, 0.717) is 10.5 Å². The number of amides is 1. The zero-order valence-corrected chi connectivity index (χ0v) is 12.1. The molecule has 19 heavy (non-hydrogen) atoms. The topological polar surface area (TPSA) is 58.1 Å². The molecule has 1 N–H and O–H groups in total. The maximum absolute atomic E-state index is 12.2. The number of hydrogen-bond acceptors (Lipinski definition) is 5. The molecule has 6 heteroatoms. The Hall–Kier alpha value is -1.01. The fourth-order valence-corrected chi connectivity index (χ4v) is 3.88. The Bertz CT molecular complexity index is 442. The van der Waals surface area contributed by atoms with Crippen LogP contribution < -0.4 is 5.32 Å². The highest BCUT2D eigenvalue weighted by atomic mass is 32.1. The molecule has 5 nitrogen and oxygen atoms in total. The predicted molar refractivity (Wildman–Crippen MR) is 75.1 cm³/mol. The summed E-state index contributed by atoms with van der Waals surface area (Å²) in [6.45, 7) is 4.12. The van der Waals surface area contributed by atoms with E-state index in [2.05, 4.69) is 20.4 Å². The van der Waals surface area contributed by atoms with Gasteiger partial charge in [-0.1, -0.05) is 24.2 Å². The predicted octanol–water partition coefficient (Wildman–Crippen LogP) is 2.13. The first-order chi connectivity index (χ1) is 9.19. The van der Waals surface area contributed by atoms with E-state index in [4.69, 9.17) is 0 Å². The summed E-state index contributed by atoms with van der Waals surface area (Å²) in [5.74, 6) is 0.0341. The molecule has 3 rings (SSSR count). The molecule has 1 saturated heterocycles. The van der Waals surface area contributed by atoms with Crippen LogP contribution in [0.2, 0.25) is 0 Å². The lowest BCUT2D eigenvalue weighted by Gasteiger charge is -2.26. The van der Waals surface area contributed by atoms with Crippen LogP contribution >= 0.6 is 11.3 Å². The molecule has 1 aliphatic heterocycles. The molecule has 0 aromatic carbocycles. The quantitative estimate of drug-likeness (QED) is 0.921. The second-order valence-corrected chi connectivity index (χ2v) is 6.67. The molecule has 1 amide bonds. The van der Waals surface area contributed by atoms with Crippen LogP contribution in [0.15, 0.2) is 5.51 Å². The first kappa shape index (κ1) is 13.0. The largest absolute Gasteiger partial charge is 0.299 e. The van der Waals surface area contributed by atoms with Gasteiger partial charge in [-0.15, -0.1) is 10.2 Å². The van der Waals surface area contributed by atoms with Crippen molar-refractivity contribution in [2.75, 3.05) is 18.4 Å². The Kier molecular flexibility index (Phi) is 3.54. The van der Waals surface area contributed by atoms with Crippen LogP contribution in [-0.4, -0.2) is 40.1 Å².